The molecule has 0 aliphatic rings. The van der Waals surface area contributed by atoms with Crippen molar-refractivity contribution in [3.05, 3.63) is 52.3 Å². The third kappa shape index (κ3) is 2.28. The predicted octanol–water partition coefficient (Wildman–Crippen LogP) is 3.03. The van der Waals surface area contributed by atoms with E-state index in [4.69, 9.17) is 0 Å². The van der Waals surface area contributed by atoms with Crippen molar-refractivity contribution in [1.29, 1.82) is 0 Å². The topological polar surface area (TPSA) is 34.9 Å². The van der Waals surface area contributed by atoms with E-state index in [1.54, 1.807) is 13.0 Å². The lowest BCUT2D eigenvalue weighted by Crippen LogP contribution is -2.13. The second-order valence-corrected chi connectivity index (χ2v) is 4.37. The van der Waals surface area contributed by atoms with Gasteiger partial charge in [0.2, 0.25) is 5.78 Å². The van der Waals surface area contributed by atoms with Gasteiger partial charge in [-0.3, -0.25) is 9.48 Å². The molecule has 0 atom stereocenters. The highest BCUT2D eigenvalue weighted by Gasteiger charge is 2.21. The number of aromatic nitrogens is 2. The molecule has 0 fully saturated rings. The van der Waals surface area contributed by atoms with Crippen molar-refractivity contribution in [2.45, 2.75) is 27.3 Å². The first-order valence-corrected chi connectivity index (χ1v) is 5.99. The number of benzene rings is 1. The van der Waals surface area contributed by atoms with Gasteiger partial charge >= 0.3 is 0 Å². The molecule has 5 heteroatoms. The van der Waals surface area contributed by atoms with Gasteiger partial charge in [-0.1, -0.05) is 6.07 Å². The second kappa shape index (κ2) is 4.91. The molecule has 0 radical (unpaired) electrons. The Kier molecular flexibility index (Phi) is 3.46. The highest BCUT2D eigenvalue weighted by molar-refractivity contribution is 6.08. The SMILES string of the molecule is CCn1nc(C)cc1C(=O)c1ccc(C)c(F)c1F. The van der Waals surface area contributed by atoms with Gasteiger partial charge < -0.3 is 0 Å². The number of carbonyl (C=O) groups is 1. The normalized spacial score (nSPS) is 10.8. The Morgan fingerprint density at radius 1 is 1.26 bits per heavy atom. The van der Waals surface area contributed by atoms with E-state index in [9.17, 15) is 13.6 Å². The van der Waals surface area contributed by atoms with Crippen LogP contribution in [0.15, 0.2) is 18.2 Å². The zero-order valence-electron chi connectivity index (χ0n) is 11.0. The van der Waals surface area contributed by atoms with E-state index in [2.05, 4.69) is 5.10 Å². The fraction of sp³-hybridized carbons (Fsp3) is 0.286. The monoisotopic (exact) mass is 264 g/mol. The molecule has 1 heterocycles. The molecule has 0 unspecified atom stereocenters. The minimum atomic E-state index is -1.11. The quantitative estimate of drug-likeness (QED) is 0.799. The number of hydrogen-bond acceptors (Lipinski definition) is 2. The first-order chi connectivity index (χ1) is 8.95. The molecule has 1 aromatic carbocycles. The Labute approximate surface area is 109 Å². The number of carbonyl (C=O) groups excluding carboxylic acids is 1. The predicted molar refractivity (Wildman–Crippen MR) is 67.2 cm³/mol. The van der Waals surface area contributed by atoms with Crippen molar-refractivity contribution in [1.82, 2.24) is 9.78 Å². The van der Waals surface area contributed by atoms with Crippen LogP contribution in [0.25, 0.3) is 0 Å². The number of nitrogens with zero attached hydrogens (tertiary/aromatic N) is 2. The second-order valence-electron chi connectivity index (χ2n) is 4.37. The van der Waals surface area contributed by atoms with Gasteiger partial charge in [-0.2, -0.15) is 5.10 Å². The van der Waals surface area contributed by atoms with E-state index >= 15 is 0 Å². The molecule has 3 nitrogen and oxygen atoms in total. The van der Waals surface area contributed by atoms with Crippen molar-refractivity contribution >= 4 is 5.78 Å². The maximum Gasteiger partial charge on any atom is 0.214 e. The molecule has 1 aromatic heterocycles. The summed E-state index contributed by atoms with van der Waals surface area (Å²) < 4.78 is 28.8. The van der Waals surface area contributed by atoms with Gasteiger partial charge in [-0.05, 0) is 38.5 Å². The smallest absolute Gasteiger partial charge is 0.214 e. The van der Waals surface area contributed by atoms with Crippen molar-refractivity contribution < 1.29 is 13.6 Å². The zero-order valence-corrected chi connectivity index (χ0v) is 11.0. The first kappa shape index (κ1) is 13.4. The molecule has 0 aliphatic heterocycles. The van der Waals surface area contributed by atoms with Gasteiger partial charge in [-0.25, -0.2) is 8.78 Å². The van der Waals surface area contributed by atoms with Gasteiger partial charge in [0.25, 0.3) is 0 Å². The van der Waals surface area contributed by atoms with E-state index in [0.29, 0.717) is 12.2 Å². The van der Waals surface area contributed by atoms with Crippen molar-refractivity contribution in [2.24, 2.45) is 0 Å². The summed E-state index contributed by atoms with van der Waals surface area (Å²) in [5, 5.41) is 4.12. The van der Waals surface area contributed by atoms with Crippen LogP contribution in [0.3, 0.4) is 0 Å². The van der Waals surface area contributed by atoms with E-state index < -0.39 is 17.4 Å². The van der Waals surface area contributed by atoms with E-state index in [0.717, 1.165) is 0 Å². The third-order valence-corrected chi connectivity index (χ3v) is 2.95. The summed E-state index contributed by atoms with van der Waals surface area (Å²) in [6.45, 7) is 5.52. The Morgan fingerprint density at radius 3 is 2.58 bits per heavy atom. The minimum Gasteiger partial charge on any atom is -0.287 e. The molecule has 0 bridgehead atoms. The number of hydrogen-bond donors (Lipinski definition) is 0. The zero-order chi connectivity index (χ0) is 14.2. The molecule has 2 aromatic rings. The van der Waals surface area contributed by atoms with Crippen LogP contribution in [0.2, 0.25) is 0 Å². The molecular weight excluding hydrogens is 250 g/mol. The Hall–Kier alpha value is -2.04. The van der Waals surface area contributed by atoms with E-state index in [1.807, 2.05) is 6.92 Å². The fourth-order valence-electron chi connectivity index (χ4n) is 1.93. The summed E-state index contributed by atoms with van der Waals surface area (Å²) in [5.41, 5.74) is 0.840. The van der Waals surface area contributed by atoms with Crippen LogP contribution in [0, 0.1) is 25.5 Å². The molecule has 0 aliphatic carbocycles. The lowest BCUT2D eigenvalue weighted by Gasteiger charge is -2.06. The van der Waals surface area contributed by atoms with E-state index in [-0.39, 0.29) is 16.8 Å². The molecule has 0 spiro atoms. The van der Waals surface area contributed by atoms with Gasteiger partial charge in [-0.15, -0.1) is 0 Å². The minimum absolute atomic E-state index is 0.175. The molecule has 19 heavy (non-hydrogen) atoms. The van der Waals surface area contributed by atoms with Crippen molar-refractivity contribution in [3.8, 4) is 0 Å². The van der Waals surface area contributed by atoms with Crippen molar-refractivity contribution in [3.63, 3.8) is 0 Å². The third-order valence-electron chi connectivity index (χ3n) is 2.95. The average Bonchev–Trinajstić information content (AvgIpc) is 2.77. The van der Waals surface area contributed by atoms with Crippen LogP contribution < -0.4 is 0 Å². The Balaban J connectivity index is 2.53. The van der Waals surface area contributed by atoms with E-state index in [1.165, 1.54) is 23.7 Å². The van der Waals surface area contributed by atoms with Gasteiger partial charge in [0.05, 0.1) is 11.3 Å². The number of rotatable bonds is 3. The van der Waals surface area contributed by atoms with Gasteiger partial charge in [0.1, 0.15) is 5.69 Å². The van der Waals surface area contributed by atoms with Crippen LogP contribution in [0.4, 0.5) is 8.78 Å². The molecule has 0 saturated heterocycles. The summed E-state index contributed by atoms with van der Waals surface area (Å²) in [6.07, 6.45) is 0. The number of aryl methyl sites for hydroxylation is 3. The van der Waals surface area contributed by atoms with Crippen LogP contribution in [0.1, 0.15) is 34.2 Å². The largest absolute Gasteiger partial charge is 0.287 e. The average molecular weight is 264 g/mol. The van der Waals surface area contributed by atoms with Crippen LogP contribution in [0.5, 0.6) is 0 Å². The summed E-state index contributed by atoms with van der Waals surface area (Å²) >= 11 is 0. The highest BCUT2D eigenvalue weighted by Crippen LogP contribution is 2.19. The Bertz CT molecular complexity index is 647. The molecular formula is C14H14F2N2O. The standard InChI is InChI=1S/C14H14F2N2O/c1-4-18-11(7-9(3)17-18)14(19)10-6-5-8(2)12(15)13(10)16/h5-7H,4H2,1-3H3. The van der Waals surface area contributed by atoms with Gasteiger partial charge in [0, 0.05) is 6.54 Å². The van der Waals surface area contributed by atoms with Gasteiger partial charge in [0.15, 0.2) is 11.6 Å². The molecule has 0 saturated carbocycles. The first-order valence-electron chi connectivity index (χ1n) is 5.99. The van der Waals surface area contributed by atoms with Crippen LogP contribution in [-0.2, 0) is 6.54 Å². The molecule has 2 rings (SSSR count). The fourth-order valence-corrected chi connectivity index (χ4v) is 1.93. The van der Waals surface area contributed by atoms with Crippen molar-refractivity contribution in [2.75, 3.05) is 0 Å². The molecule has 0 amide bonds. The summed E-state index contributed by atoms with van der Waals surface area (Å²) in [7, 11) is 0. The maximum atomic E-state index is 13.8. The Morgan fingerprint density at radius 2 is 1.95 bits per heavy atom. The lowest BCUT2D eigenvalue weighted by molar-refractivity contribution is 0.102. The maximum absolute atomic E-state index is 13.8. The van der Waals surface area contributed by atoms with Crippen LogP contribution in [-0.4, -0.2) is 15.6 Å². The summed E-state index contributed by atoms with van der Waals surface area (Å²) in [6, 6.07) is 4.27. The number of ketones is 1. The van der Waals surface area contributed by atoms with Crippen LogP contribution >= 0.6 is 0 Å². The lowest BCUT2D eigenvalue weighted by atomic mass is 10.0. The highest BCUT2D eigenvalue weighted by atomic mass is 19.2. The summed E-state index contributed by atoms with van der Waals surface area (Å²) in [5.74, 6) is -2.64. The molecule has 0 N–H and O–H groups in total. The summed E-state index contributed by atoms with van der Waals surface area (Å²) in [4.78, 5) is 12.3. The number of halogens is 2. The molecule has 100 valence electrons.